The summed E-state index contributed by atoms with van der Waals surface area (Å²) in [6.45, 7) is -0.116. The van der Waals surface area contributed by atoms with Crippen molar-refractivity contribution in [1.82, 2.24) is 14.9 Å². The second-order valence-corrected chi connectivity index (χ2v) is 9.50. The number of hydrogen-bond acceptors (Lipinski definition) is 7. The maximum Gasteiger partial charge on any atom is 0.416 e. The van der Waals surface area contributed by atoms with Crippen molar-refractivity contribution in [2.24, 2.45) is 5.73 Å². The Morgan fingerprint density at radius 1 is 1.16 bits per heavy atom. The predicted octanol–water partition coefficient (Wildman–Crippen LogP) is 2.95. The molecule has 4 rings (SSSR count). The Morgan fingerprint density at radius 3 is 2.41 bits per heavy atom. The molecule has 1 atom stereocenters. The normalized spacial score (nSPS) is 21.7. The molecule has 0 spiro atoms. The number of alkyl halides is 5. The lowest BCUT2D eigenvalue weighted by Crippen LogP contribution is -2.50. The number of likely N-dealkylation sites (tertiary alicyclic amines) is 1. The van der Waals surface area contributed by atoms with Crippen LogP contribution in [0, 0.1) is 5.82 Å². The van der Waals surface area contributed by atoms with Crippen molar-refractivity contribution in [2.45, 2.75) is 43.0 Å². The van der Waals surface area contributed by atoms with E-state index in [1.165, 1.54) is 0 Å². The van der Waals surface area contributed by atoms with E-state index >= 15 is 4.39 Å². The van der Waals surface area contributed by atoms with Crippen LogP contribution in [-0.2, 0) is 11.0 Å². The molecule has 37 heavy (non-hydrogen) atoms. The Kier molecular flexibility index (Phi) is 7.25. The summed E-state index contributed by atoms with van der Waals surface area (Å²) in [4.78, 5) is 21.6. The van der Waals surface area contributed by atoms with Gasteiger partial charge in [0.2, 0.25) is 11.7 Å². The quantitative estimate of drug-likeness (QED) is 0.471. The molecule has 2 aromatic rings. The molecule has 2 aliphatic heterocycles. The number of primary amides is 1. The number of benzene rings is 1. The molecular formula is C23H26F6N6O2. The highest BCUT2D eigenvalue weighted by Crippen LogP contribution is 2.44. The van der Waals surface area contributed by atoms with E-state index < -0.39 is 59.8 Å². The monoisotopic (exact) mass is 532 g/mol. The molecule has 2 aliphatic rings. The fraction of sp³-hybridized carbons (Fsp3) is 0.522. The minimum Gasteiger partial charge on any atom is -0.388 e. The second kappa shape index (κ2) is 9.97. The molecule has 0 saturated carbocycles. The van der Waals surface area contributed by atoms with Gasteiger partial charge in [-0.1, -0.05) is 12.1 Å². The minimum absolute atomic E-state index is 0.0635. The molecule has 1 aromatic carbocycles. The number of hydrogen-bond donors (Lipinski definition) is 3. The van der Waals surface area contributed by atoms with Gasteiger partial charge in [0.25, 0.3) is 5.92 Å². The molecule has 0 radical (unpaired) electrons. The summed E-state index contributed by atoms with van der Waals surface area (Å²) >= 11 is 0. The number of halogens is 6. The lowest BCUT2D eigenvalue weighted by Gasteiger charge is -2.37. The van der Waals surface area contributed by atoms with Crippen molar-refractivity contribution in [3.05, 3.63) is 47.5 Å². The summed E-state index contributed by atoms with van der Waals surface area (Å²) in [5.41, 5.74) is 3.20. The molecule has 1 unspecified atom stereocenters. The van der Waals surface area contributed by atoms with Crippen molar-refractivity contribution < 1.29 is 36.2 Å². The summed E-state index contributed by atoms with van der Waals surface area (Å²) in [5, 5.41) is 13.6. The van der Waals surface area contributed by atoms with Crippen LogP contribution in [0.5, 0.6) is 0 Å². The number of rotatable bonds is 7. The van der Waals surface area contributed by atoms with Crippen LogP contribution in [0.2, 0.25) is 0 Å². The predicted molar refractivity (Wildman–Crippen MR) is 121 cm³/mol. The van der Waals surface area contributed by atoms with Crippen molar-refractivity contribution in [2.75, 3.05) is 42.9 Å². The highest BCUT2D eigenvalue weighted by atomic mass is 19.4. The molecule has 1 aromatic heterocycles. The van der Waals surface area contributed by atoms with Gasteiger partial charge in [0, 0.05) is 26.1 Å². The Balaban J connectivity index is 1.50. The molecule has 14 heteroatoms. The highest BCUT2D eigenvalue weighted by molar-refractivity contribution is 5.75. The molecule has 2 saturated heterocycles. The third-order valence-electron chi connectivity index (χ3n) is 6.69. The topological polar surface area (TPSA) is 108 Å². The maximum atomic E-state index is 15.4. The first-order valence-corrected chi connectivity index (χ1v) is 11.6. The number of nitrogens with two attached hydrogens (primary N) is 1. The van der Waals surface area contributed by atoms with Gasteiger partial charge in [-0.25, -0.2) is 18.7 Å². The Morgan fingerprint density at radius 2 is 1.81 bits per heavy atom. The molecule has 3 heterocycles. The zero-order chi connectivity index (χ0) is 27.0. The average molecular weight is 532 g/mol. The van der Waals surface area contributed by atoms with E-state index in [4.69, 9.17) is 5.73 Å². The first kappa shape index (κ1) is 26.9. The molecule has 4 N–H and O–H groups in total. The molecule has 1 amide bonds. The van der Waals surface area contributed by atoms with Gasteiger partial charge >= 0.3 is 6.18 Å². The number of nitrogens with one attached hydrogen (secondary N) is 1. The third-order valence-corrected chi connectivity index (χ3v) is 6.69. The zero-order valence-electron chi connectivity index (χ0n) is 19.6. The number of piperidine rings is 1. The number of aliphatic hydroxyl groups is 1. The zero-order valence-corrected chi connectivity index (χ0v) is 19.6. The SMILES string of the molecule is NC(=O)CN1CCC(O)(CNc2ncnc(N3CC(F)(F)CC3c3ccc(C(F)(F)F)cc3)c2F)CC1. The van der Waals surface area contributed by atoms with Crippen molar-refractivity contribution in [3.63, 3.8) is 0 Å². The first-order chi connectivity index (χ1) is 17.3. The van der Waals surface area contributed by atoms with Gasteiger partial charge in [-0.05, 0) is 30.5 Å². The van der Waals surface area contributed by atoms with E-state index in [1.54, 1.807) is 4.90 Å². The van der Waals surface area contributed by atoms with Gasteiger partial charge in [0.1, 0.15) is 6.33 Å². The second-order valence-electron chi connectivity index (χ2n) is 9.50. The summed E-state index contributed by atoms with van der Waals surface area (Å²) in [5.74, 6) is -5.47. The molecular weight excluding hydrogens is 506 g/mol. The number of nitrogens with zero attached hydrogens (tertiary/aromatic N) is 4. The number of carbonyl (C=O) groups excluding carboxylic acids is 1. The maximum absolute atomic E-state index is 15.4. The van der Waals surface area contributed by atoms with Crippen LogP contribution in [0.1, 0.15) is 36.4 Å². The van der Waals surface area contributed by atoms with Crippen LogP contribution < -0.4 is 16.0 Å². The average Bonchev–Trinajstić information content (AvgIpc) is 3.14. The van der Waals surface area contributed by atoms with E-state index in [-0.39, 0.29) is 37.3 Å². The lowest BCUT2D eigenvalue weighted by molar-refractivity contribution is -0.137. The summed E-state index contributed by atoms with van der Waals surface area (Å²) in [6.07, 6.45) is -3.77. The summed E-state index contributed by atoms with van der Waals surface area (Å²) in [6, 6.07) is 2.67. The van der Waals surface area contributed by atoms with Crippen LogP contribution in [0.4, 0.5) is 38.0 Å². The van der Waals surface area contributed by atoms with Crippen molar-refractivity contribution in [1.29, 1.82) is 0 Å². The van der Waals surface area contributed by atoms with Gasteiger partial charge < -0.3 is 21.1 Å². The van der Waals surface area contributed by atoms with Crippen LogP contribution in [0.15, 0.2) is 30.6 Å². The van der Waals surface area contributed by atoms with Crippen molar-refractivity contribution in [3.8, 4) is 0 Å². The number of amides is 1. The smallest absolute Gasteiger partial charge is 0.388 e. The Bertz CT molecular complexity index is 1120. The van der Waals surface area contributed by atoms with Gasteiger partial charge in [0.05, 0.1) is 30.3 Å². The lowest BCUT2D eigenvalue weighted by atomic mass is 9.91. The summed E-state index contributed by atoms with van der Waals surface area (Å²) in [7, 11) is 0. The van der Waals surface area contributed by atoms with E-state index in [0.717, 1.165) is 35.5 Å². The van der Waals surface area contributed by atoms with Crippen LogP contribution in [0.25, 0.3) is 0 Å². The molecule has 8 nitrogen and oxygen atoms in total. The molecule has 202 valence electrons. The fourth-order valence-corrected chi connectivity index (χ4v) is 4.69. The van der Waals surface area contributed by atoms with E-state index in [9.17, 15) is 31.9 Å². The summed E-state index contributed by atoms with van der Waals surface area (Å²) < 4.78 is 83.0. The fourth-order valence-electron chi connectivity index (χ4n) is 4.69. The standard InChI is InChI=1S/C23H26F6N6O2/c24-18-19(31-11-21(37)5-7-34(8-6-21)10-17(30)36)32-13-33-20(18)35-12-22(25,26)9-16(35)14-1-3-15(4-2-14)23(27,28)29/h1-4,13,16,37H,5-12H2,(H2,30,36)(H,31,32,33). The van der Waals surface area contributed by atoms with Gasteiger partial charge in [-0.15, -0.1) is 0 Å². The number of anilines is 2. The van der Waals surface area contributed by atoms with E-state index in [1.807, 2.05) is 0 Å². The minimum atomic E-state index is -4.58. The number of aromatic nitrogens is 2. The van der Waals surface area contributed by atoms with Crippen LogP contribution >= 0.6 is 0 Å². The van der Waals surface area contributed by atoms with E-state index in [2.05, 4.69) is 15.3 Å². The highest BCUT2D eigenvalue weighted by Gasteiger charge is 2.47. The van der Waals surface area contributed by atoms with Crippen LogP contribution in [0.3, 0.4) is 0 Å². The van der Waals surface area contributed by atoms with Gasteiger partial charge in [0.15, 0.2) is 11.6 Å². The Labute approximate surface area is 208 Å². The third kappa shape index (κ3) is 6.24. The molecule has 0 aliphatic carbocycles. The first-order valence-electron chi connectivity index (χ1n) is 11.6. The molecule has 0 bridgehead atoms. The van der Waals surface area contributed by atoms with Gasteiger partial charge in [-0.3, -0.25) is 9.69 Å². The Hall–Kier alpha value is -3.13. The largest absolute Gasteiger partial charge is 0.416 e. The van der Waals surface area contributed by atoms with Crippen LogP contribution in [-0.4, -0.2) is 70.1 Å². The van der Waals surface area contributed by atoms with Gasteiger partial charge in [-0.2, -0.15) is 17.6 Å². The number of carbonyl (C=O) groups is 1. The van der Waals surface area contributed by atoms with E-state index in [0.29, 0.717) is 13.1 Å². The van der Waals surface area contributed by atoms with Crippen molar-refractivity contribution >= 4 is 17.5 Å². The molecule has 2 fully saturated rings.